The average molecular weight is 664 g/mol. The topological polar surface area (TPSA) is 90.5 Å². The van der Waals surface area contributed by atoms with E-state index < -0.39 is 12.7 Å². The van der Waals surface area contributed by atoms with Crippen LogP contribution in [0.25, 0.3) is 11.1 Å². The third-order valence-corrected chi connectivity index (χ3v) is 7.28. The van der Waals surface area contributed by atoms with Crippen molar-refractivity contribution < 1.29 is 23.9 Å². The summed E-state index contributed by atoms with van der Waals surface area (Å²) in [6, 6.07) is 20.5. The van der Waals surface area contributed by atoms with Gasteiger partial charge in [-0.05, 0) is 47.4 Å². The highest BCUT2D eigenvalue weighted by molar-refractivity contribution is 14.0. The standard InChI is InChI=1S/C30H34ClN3O4.HI/c1-34(2)16-14-25(15-17-34)38-30(37)33-28-12-8-21(18-26(28)22-6-4-3-5-7-22)9-13-29(36)32-24-11-10-23(20-35)27(31)19-24;/h3-8,10-12,18-19,25H,9,13-17,20H2,1-2H3,(H,32,36)(H,33,37);1H. The summed E-state index contributed by atoms with van der Waals surface area (Å²) in [5.41, 5.74) is 4.50. The Kier molecular flexibility index (Phi) is 11.2. The van der Waals surface area contributed by atoms with Crippen LogP contribution in [0.15, 0.2) is 66.7 Å². The number of anilines is 2. The number of rotatable bonds is 8. The van der Waals surface area contributed by atoms with Gasteiger partial charge in [0.2, 0.25) is 5.91 Å². The summed E-state index contributed by atoms with van der Waals surface area (Å²) < 4.78 is 6.67. The van der Waals surface area contributed by atoms with Crippen molar-refractivity contribution in [1.82, 2.24) is 0 Å². The van der Waals surface area contributed by atoms with Crippen molar-refractivity contribution in [2.75, 3.05) is 37.8 Å². The summed E-state index contributed by atoms with van der Waals surface area (Å²) in [6.45, 7) is 1.56. The second-order valence-electron chi connectivity index (χ2n) is 10.4. The van der Waals surface area contributed by atoms with E-state index in [0.29, 0.717) is 28.4 Å². The molecule has 0 unspecified atom stereocenters. The van der Waals surface area contributed by atoms with Crippen molar-refractivity contribution >= 4 is 59.0 Å². The van der Waals surface area contributed by atoms with E-state index in [9.17, 15) is 14.7 Å². The highest BCUT2D eigenvalue weighted by atomic mass is 127. The summed E-state index contributed by atoms with van der Waals surface area (Å²) in [7, 11) is 4.38. The zero-order valence-electron chi connectivity index (χ0n) is 22.2. The first-order chi connectivity index (χ1) is 18.2. The summed E-state index contributed by atoms with van der Waals surface area (Å²) in [4.78, 5) is 25.3. The molecule has 3 aromatic rings. The van der Waals surface area contributed by atoms with Crippen molar-refractivity contribution in [1.29, 1.82) is 0 Å². The van der Waals surface area contributed by atoms with E-state index in [4.69, 9.17) is 16.3 Å². The highest BCUT2D eigenvalue weighted by Gasteiger charge is 2.28. The number of piperidine rings is 1. The molecule has 1 saturated heterocycles. The van der Waals surface area contributed by atoms with Crippen molar-refractivity contribution in [3.05, 3.63) is 82.9 Å². The number of carbonyl (C=O) groups is 2. The predicted octanol–water partition coefficient (Wildman–Crippen LogP) is 5.84. The SMILES string of the molecule is C[N+]1(C)CCC(OC(=O)Nc2ccc(CCC(=O)Nc3ccc(C[O-])c(Cl)c3)cc2-c2ccccc2)CC1.I. The van der Waals surface area contributed by atoms with Crippen LogP contribution in [0.5, 0.6) is 0 Å². The molecule has 0 aliphatic carbocycles. The molecule has 0 atom stereocenters. The number of carbonyl (C=O) groups excluding carboxylic acids is 2. The normalized spacial score (nSPS) is 14.7. The van der Waals surface area contributed by atoms with Gasteiger partial charge in [-0.3, -0.25) is 10.1 Å². The fraction of sp³-hybridized carbons (Fsp3) is 0.333. The van der Waals surface area contributed by atoms with Gasteiger partial charge in [0.25, 0.3) is 0 Å². The molecule has 1 fully saturated rings. The Hall–Kier alpha value is -2.66. The Labute approximate surface area is 252 Å². The van der Waals surface area contributed by atoms with Crippen LogP contribution in [0, 0.1) is 0 Å². The molecule has 208 valence electrons. The smallest absolute Gasteiger partial charge is 0.411 e. The third kappa shape index (κ3) is 8.93. The van der Waals surface area contributed by atoms with Crippen molar-refractivity contribution in [3.63, 3.8) is 0 Å². The van der Waals surface area contributed by atoms with Gasteiger partial charge in [0.1, 0.15) is 6.10 Å². The molecule has 0 radical (unpaired) electrons. The molecule has 0 aromatic heterocycles. The van der Waals surface area contributed by atoms with Crippen LogP contribution in [-0.4, -0.2) is 49.8 Å². The van der Waals surface area contributed by atoms with Crippen molar-refractivity contribution in [2.24, 2.45) is 0 Å². The summed E-state index contributed by atoms with van der Waals surface area (Å²) in [5, 5.41) is 17.2. The number of nitrogens with zero attached hydrogens (tertiary/aromatic N) is 1. The molecule has 3 aromatic carbocycles. The van der Waals surface area contributed by atoms with Crippen LogP contribution in [-0.2, 0) is 22.6 Å². The minimum atomic E-state index is -0.451. The molecule has 2 N–H and O–H groups in total. The Balaban J connectivity index is 0.00000420. The van der Waals surface area contributed by atoms with Crippen LogP contribution in [0.2, 0.25) is 5.02 Å². The molecule has 0 saturated carbocycles. The van der Waals surface area contributed by atoms with Gasteiger partial charge in [0.15, 0.2) is 0 Å². The zero-order valence-corrected chi connectivity index (χ0v) is 25.3. The zero-order chi connectivity index (χ0) is 27.1. The third-order valence-electron chi connectivity index (χ3n) is 6.93. The molecule has 2 amide bonds. The first-order valence-corrected chi connectivity index (χ1v) is 13.2. The van der Waals surface area contributed by atoms with E-state index in [0.717, 1.165) is 47.1 Å². The van der Waals surface area contributed by atoms with Gasteiger partial charge in [-0.25, -0.2) is 4.79 Å². The van der Waals surface area contributed by atoms with Gasteiger partial charge >= 0.3 is 6.09 Å². The van der Waals surface area contributed by atoms with Gasteiger partial charge in [-0.2, -0.15) is 0 Å². The number of hydrogen-bond acceptors (Lipinski definition) is 4. The van der Waals surface area contributed by atoms with E-state index >= 15 is 0 Å². The lowest BCUT2D eigenvalue weighted by Gasteiger charge is -2.36. The Morgan fingerprint density at radius 1 is 1.00 bits per heavy atom. The maximum absolute atomic E-state index is 12.7. The van der Waals surface area contributed by atoms with E-state index in [1.807, 2.05) is 48.5 Å². The summed E-state index contributed by atoms with van der Waals surface area (Å²) >= 11 is 6.09. The average Bonchev–Trinajstić information content (AvgIpc) is 2.90. The predicted molar refractivity (Wildman–Crippen MR) is 164 cm³/mol. The maximum atomic E-state index is 12.7. The van der Waals surface area contributed by atoms with Gasteiger partial charge in [0, 0.05) is 35.5 Å². The molecule has 1 aliphatic heterocycles. The molecule has 0 spiro atoms. The van der Waals surface area contributed by atoms with Crippen LogP contribution in [0.4, 0.5) is 16.2 Å². The lowest BCUT2D eigenvalue weighted by atomic mass is 9.99. The van der Waals surface area contributed by atoms with Gasteiger partial charge < -0.3 is 19.6 Å². The molecule has 9 heteroatoms. The van der Waals surface area contributed by atoms with E-state index in [1.54, 1.807) is 18.2 Å². The Morgan fingerprint density at radius 2 is 1.72 bits per heavy atom. The number of quaternary nitrogens is 1. The number of benzene rings is 3. The lowest BCUT2D eigenvalue weighted by Crippen LogP contribution is -2.48. The van der Waals surface area contributed by atoms with Gasteiger partial charge in [-0.15, -0.1) is 30.6 Å². The second kappa shape index (κ2) is 14.1. The molecule has 0 bridgehead atoms. The number of ether oxygens (including phenoxy) is 1. The fourth-order valence-electron chi connectivity index (χ4n) is 4.59. The fourth-order valence-corrected chi connectivity index (χ4v) is 4.82. The number of nitrogens with one attached hydrogen (secondary N) is 2. The summed E-state index contributed by atoms with van der Waals surface area (Å²) in [5.74, 6) is -0.155. The number of amides is 2. The minimum Gasteiger partial charge on any atom is -0.851 e. The minimum absolute atomic E-state index is 0. The highest BCUT2D eigenvalue weighted by Crippen LogP contribution is 2.30. The van der Waals surface area contributed by atoms with Crippen molar-refractivity contribution in [2.45, 2.75) is 38.4 Å². The second-order valence-corrected chi connectivity index (χ2v) is 10.8. The van der Waals surface area contributed by atoms with Gasteiger partial charge in [0.05, 0.1) is 32.9 Å². The molecule has 4 rings (SSSR count). The number of hydrogen-bond donors (Lipinski definition) is 2. The number of halogens is 2. The molecule has 1 aliphatic rings. The Morgan fingerprint density at radius 3 is 2.38 bits per heavy atom. The molecule has 39 heavy (non-hydrogen) atoms. The lowest BCUT2D eigenvalue weighted by molar-refractivity contribution is -0.896. The molecular formula is C30H35ClIN3O4. The van der Waals surface area contributed by atoms with Crippen LogP contribution < -0.4 is 15.7 Å². The quantitative estimate of drug-likeness (QED) is 0.234. The van der Waals surface area contributed by atoms with Crippen LogP contribution in [0.1, 0.15) is 30.4 Å². The van der Waals surface area contributed by atoms with Crippen LogP contribution in [0.3, 0.4) is 0 Å². The molecular weight excluding hydrogens is 629 g/mol. The maximum Gasteiger partial charge on any atom is 0.411 e. The molecule has 7 nitrogen and oxygen atoms in total. The van der Waals surface area contributed by atoms with E-state index in [-0.39, 0.29) is 42.4 Å². The number of likely N-dealkylation sites (tertiary alicyclic amines) is 1. The largest absolute Gasteiger partial charge is 0.851 e. The van der Waals surface area contributed by atoms with Crippen molar-refractivity contribution in [3.8, 4) is 11.1 Å². The monoisotopic (exact) mass is 663 g/mol. The first kappa shape index (κ1) is 30.9. The Bertz CT molecular complexity index is 1280. The number of aryl methyl sites for hydroxylation is 1. The van der Waals surface area contributed by atoms with Gasteiger partial charge in [-0.1, -0.05) is 54.1 Å². The molecule has 1 heterocycles. The van der Waals surface area contributed by atoms with E-state index in [1.165, 1.54) is 0 Å². The first-order valence-electron chi connectivity index (χ1n) is 12.9. The summed E-state index contributed by atoms with van der Waals surface area (Å²) in [6.07, 6.45) is 1.95. The van der Waals surface area contributed by atoms with E-state index in [2.05, 4.69) is 24.7 Å². The van der Waals surface area contributed by atoms with Crippen LogP contribution >= 0.6 is 35.6 Å².